The molecule has 1 aliphatic rings. The maximum atomic E-state index is 13.1. The van der Waals surface area contributed by atoms with Crippen LogP contribution in [0.25, 0.3) is 0 Å². The first-order valence-corrected chi connectivity index (χ1v) is 14.0. The van der Waals surface area contributed by atoms with Gasteiger partial charge in [-0.3, -0.25) is 19.2 Å². The van der Waals surface area contributed by atoms with Gasteiger partial charge in [-0.15, -0.1) is 0 Å². The standard InChI is InChI=1S/C27H41N3O5.C4H10/c1-8-22(27(5,6)20-12-10-9-11-13-20)25(33)28-15-24(32)29(7)23(18(2)3)14-19(4)26(34)30-16-21(31)17-35-30;1-4(2)3/h9-14,18,21-23,31H,8,15-17H2,1-7H3,(H,28,33);4H,1-3H3/b19-14+;/t21?,22-,23-;/m1./s1. The molecule has 1 aliphatic heterocycles. The van der Waals surface area contributed by atoms with Crippen LogP contribution >= 0.6 is 0 Å². The minimum Gasteiger partial charge on any atom is -0.389 e. The van der Waals surface area contributed by atoms with Gasteiger partial charge in [-0.05, 0) is 30.7 Å². The fourth-order valence-corrected chi connectivity index (χ4v) is 4.56. The topological polar surface area (TPSA) is 99.2 Å². The summed E-state index contributed by atoms with van der Waals surface area (Å²) in [6.45, 7) is 18.3. The van der Waals surface area contributed by atoms with E-state index in [-0.39, 0.29) is 60.7 Å². The van der Waals surface area contributed by atoms with Gasteiger partial charge in [0.05, 0.1) is 19.1 Å². The number of aliphatic hydroxyl groups is 1. The second kappa shape index (κ2) is 15.8. The van der Waals surface area contributed by atoms with Crippen LogP contribution in [-0.2, 0) is 24.6 Å². The molecule has 8 nitrogen and oxygen atoms in total. The van der Waals surface area contributed by atoms with E-state index in [1.165, 1.54) is 0 Å². The molecule has 3 atom stereocenters. The molecule has 1 aromatic carbocycles. The predicted octanol–water partition coefficient (Wildman–Crippen LogP) is 4.33. The van der Waals surface area contributed by atoms with E-state index in [0.717, 1.165) is 16.5 Å². The Morgan fingerprint density at radius 2 is 1.72 bits per heavy atom. The van der Waals surface area contributed by atoms with Crippen LogP contribution in [-0.4, -0.2) is 71.7 Å². The average Bonchev–Trinajstić information content (AvgIpc) is 3.31. The molecule has 0 aliphatic carbocycles. The first kappa shape index (κ1) is 34.3. The van der Waals surface area contributed by atoms with E-state index in [1.54, 1.807) is 24.9 Å². The minimum absolute atomic E-state index is 0.0351. The van der Waals surface area contributed by atoms with E-state index < -0.39 is 6.10 Å². The lowest BCUT2D eigenvalue weighted by molar-refractivity contribution is -0.164. The van der Waals surface area contributed by atoms with Crippen LogP contribution in [0.2, 0.25) is 0 Å². The van der Waals surface area contributed by atoms with Crippen molar-refractivity contribution in [3.8, 4) is 0 Å². The number of hydrogen-bond donors (Lipinski definition) is 2. The summed E-state index contributed by atoms with van der Waals surface area (Å²) in [4.78, 5) is 45.5. The molecule has 0 radical (unpaired) electrons. The van der Waals surface area contributed by atoms with E-state index in [0.29, 0.717) is 12.0 Å². The lowest BCUT2D eigenvalue weighted by Gasteiger charge is -2.34. The summed E-state index contributed by atoms with van der Waals surface area (Å²) in [5, 5.41) is 13.6. The number of rotatable bonds is 10. The smallest absolute Gasteiger partial charge is 0.272 e. The van der Waals surface area contributed by atoms with Crippen molar-refractivity contribution < 1.29 is 24.3 Å². The largest absolute Gasteiger partial charge is 0.389 e. The Kier molecular flexibility index (Phi) is 13.9. The molecule has 220 valence electrons. The van der Waals surface area contributed by atoms with Gasteiger partial charge in [0.1, 0.15) is 12.7 Å². The van der Waals surface area contributed by atoms with Gasteiger partial charge in [0.25, 0.3) is 5.91 Å². The van der Waals surface area contributed by atoms with Gasteiger partial charge >= 0.3 is 0 Å². The summed E-state index contributed by atoms with van der Waals surface area (Å²) in [7, 11) is 1.68. The molecule has 2 rings (SSSR count). The quantitative estimate of drug-likeness (QED) is 0.427. The van der Waals surface area contributed by atoms with Crippen molar-refractivity contribution in [2.24, 2.45) is 17.8 Å². The third-order valence-electron chi connectivity index (χ3n) is 6.84. The zero-order chi connectivity index (χ0) is 29.9. The van der Waals surface area contributed by atoms with Crippen LogP contribution in [0.4, 0.5) is 0 Å². The van der Waals surface area contributed by atoms with Crippen molar-refractivity contribution in [1.82, 2.24) is 15.3 Å². The molecule has 2 N–H and O–H groups in total. The van der Waals surface area contributed by atoms with Crippen LogP contribution in [0, 0.1) is 17.8 Å². The molecular formula is C31H51N3O5. The molecule has 1 unspecified atom stereocenters. The third-order valence-corrected chi connectivity index (χ3v) is 6.84. The van der Waals surface area contributed by atoms with Gasteiger partial charge in [0.15, 0.2) is 0 Å². The zero-order valence-corrected chi connectivity index (χ0v) is 25.7. The number of hydroxylamine groups is 2. The maximum absolute atomic E-state index is 13.1. The summed E-state index contributed by atoms with van der Waals surface area (Å²) in [5.41, 5.74) is 1.11. The van der Waals surface area contributed by atoms with Crippen molar-refractivity contribution in [3.05, 3.63) is 47.5 Å². The summed E-state index contributed by atoms with van der Waals surface area (Å²) in [6.07, 6.45) is 1.69. The van der Waals surface area contributed by atoms with Gasteiger partial charge in [-0.2, -0.15) is 0 Å². The first-order valence-electron chi connectivity index (χ1n) is 14.0. The average molecular weight is 546 g/mol. The third kappa shape index (κ3) is 10.4. The van der Waals surface area contributed by atoms with E-state index in [1.807, 2.05) is 65.0 Å². The van der Waals surface area contributed by atoms with Gasteiger partial charge in [-0.1, -0.05) is 91.8 Å². The van der Waals surface area contributed by atoms with Crippen LogP contribution in [0.5, 0.6) is 0 Å². The number of β-amino-alcohol motifs (C(OH)–C–C–N with tert-alkyl or cyclic N) is 1. The Hall–Kier alpha value is -2.71. The maximum Gasteiger partial charge on any atom is 0.272 e. The Labute approximate surface area is 235 Å². The van der Waals surface area contributed by atoms with Crippen molar-refractivity contribution in [2.45, 2.75) is 86.3 Å². The molecule has 1 heterocycles. The molecular weight excluding hydrogens is 494 g/mol. The highest BCUT2D eigenvalue weighted by atomic mass is 16.7. The summed E-state index contributed by atoms with van der Waals surface area (Å²) < 4.78 is 0. The van der Waals surface area contributed by atoms with E-state index >= 15 is 0 Å². The van der Waals surface area contributed by atoms with Crippen molar-refractivity contribution in [1.29, 1.82) is 0 Å². The normalized spacial score (nSPS) is 17.4. The number of benzene rings is 1. The minimum atomic E-state index is -0.695. The molecule has 0 saturated carbocycles. The van der Waals surface area contributed by atoms with Gasteiger partial charge in [-0.25, -0.2) is 5.06 Å². The molecule has 0 aromatic heterocycles. The predicted molar refractivity (Wildman–Crippen MR) is 156 cm³/mol. The number of aliphatic hydroxyl groups excluding tert-OH is 1. The second-order valence-corrected chi connectivity index (χ2v) is 11.9. The summed E-state index contributed by atoms with van der Waals surface area (Å²) >= 11 is 0. The molecule has 1 aromatic rings. The van der Waals surface area contributed by atoms with Crippen molar-refractivity contribution >= 4 is 17.7 Å². The molecule has 0 bridgehead atoms. The second-order valence-electron chi connectivity index (χ2n) is 11.9. The lowest BCUT2D eigenvalue weighted by Crippen LogP contribution is -2.48. The molecule has 1 fully saturated rings. The SMILES string of the molecule is CC(C)C.CC[C@H](C(=O)NCC(=O)N(C)[C@H](/C=C(\C)C(=O)N1CC(O)CO1)C(C)C)C(C)(C)c1ccccc1. The Morgan fingerprint density at radius 3 is 2.18 bits per heavy atom. The number of likely N-dealkylation sites (N-methyl/N-ethyl adjacent to an activating group) is 1. The highest BCUT2D eigenvalue weighted by Crippen LogP contribution is 2.33. The fraction of sp³-hybridized carbons (Fsp3) is 0.645. The molecule has 3 amide bonds. The fourth-order valence-electron chi connectivity index (χ4n) is 4.56. The molecule has 39 heavy (non-hydrogen) atoms. The van der Waals surface area contributed by atoms with Gasteiger partial charge < -0.3 is 15.3 Å². The highest BCUT2D eigenvalue weighted by molar-refractivity contribution is 5.92. The van der Waals surface area contributed by atoms with Crippen molar-refractivity contribution in [2.75, 3.05) is 26.7 Å². The molecule has 8 heteroatoms. The van der Waals surface area contributed by atoms with Crippen LogP contribution in [0.1, 0.15) is 74.3 Å². The highest BCUT2D eigenvalue weighted by Gasteiger charge is 2.35. The molecule has 0 spiro atoms. The summed E-state index contributed by atoms with van der Waals surface area (Å²) in [6, 6.07) is 9.57. The van der Waals surface area contributed by atoms with Crippen LogP contribution < -0.4 is 5.32 Å². The van der Waals surface area contributed by atoms with E-state index in [9.17, 15) is 19.5 Å². The summed E-state index contributed by atoms with van der Waals surface area (Å²) in [5.74, 6) is -0.160. The number of hydrogen-bond acceptors (Lipinski definition) is 5. The first-order chi connectivity index (χ1) is 18.1. The van der Waals surface area contributed by atoms with Crippen molar-refractivity contribution in [3.63, 3.8) is 0 Å². The van der Waals surface area contributed by atoms with Crippen LogP contribution in [0.15, 0.2) is 42.0 Å². The van der Waals surface area contributed by atoms with E-state index in [2.05, 4.69) is 26.1 Å². The number of nitrogens with one attached hydrogen (secondary N) is 1. The van der Waals surface area contributed by atoms with Crippen LogP contribution in [0.3, 0.4) is 0 Å². The molecule has 1 saturated heterocycles. The Morgan fingerprint density at radius 1 is 1.15 bits per heavy atom. The monoisotopic (exact) mass is 545 g/mol. The number of carbonyl (C=O) groups is 3. The van der Waals surface area contributed by atoms with Gasteiger partial charge in [0.2, 0.25) is 11.8 Å². The Bertz CT molecular complexity index is 955. The van der Waals surface area contributed by atoms with Gasteiger partial charge in [0, 0.05) is 24.0 Å². The number of amides is 3. The Balaban J connectivity index is 0.00000177. The van der Waals surface area contributed by atoms with E-state index in [4.69, 9.17) is 4.84 Å². The lowest BCUT2D eigenvalue weighted by atomic mass is 9.71. The number of nitrogens with zero attached hydrogens (tertiary/aromatic N) is 2. The zero-order valence-electron chi connectivity index (χ0n) is 25.7. The number of carbonyl (C=O) groups excluding carboxylic acids is 3.